The third-order valence-corrected chi connectivity index (χ3v) is 13.1. The molecule has 0 aliphatic rings. The van der Waals surface area contributed by atoms with E-state index in [0.717, 1.165) is 78.2 Å². The van der Waals surface area contributed by atoms with Gasteiger partial charge in [0.15, 0.2) is 0 Å². The van der Waals surface area contributed by atoms with E-state index in [1.54, 1.807) is 0 Å². The van der Waals surface area contributed by atoms with Crippen molar-refractivity contribution in [2.24, 2.45) is 0 Å². The third-order valence-electron chi connectivity index (χ3n) is 13.1. The highest BCUT2D eigenvalue weighted by atomic mass is 16.3. The lowest BCUT2D eigenvalue weighted by molar-refractivity contribution is 0.446. The van der Waals surface area contributed by atoms with Crippen molar-refractivity contribution in [3.8, 4) is 73.3 Å². The molecule has 0 atom stereocenters. The summed E-state index contributed by atoms with van der Waals surface area (Å²) in [6.45, 7) is 20.0. The fourth-order valence-corrected chi connectivity index (χ4v) is 9.36. The summed E-state index contributed by atoms with van der Waals surface area (Å²) in [6.07, 6.45) is 0. The molecule has 5 nitrogen and oxygen atoms in total. The van der Waals surface area contributed by atoms with Crippen LogP contribution >= 0.6 is 0 Å². The minimum atomic E-state index is -0.325. The molecular weight excluding hydrogens is 817 g/mol. The number of hydrogen-bond acceptors (Lipinski definition) is 3. The van der Waals surface area contributed by atoms with Gasteiger partial charge < -0.3 is 5.11 Å². The monoisotopic (exact) mass is 874 g/mol. The maximum Gasteiger partial charge on any atom is 0.149 e. The van der Waals surface area contributed by atoms with E-state index < -0.39 is 0 Å². The summed E-state index contributed by atoms with van der Waals surface area (Å²) in [7, 11) is 0. The number of benzene rings is 8. The molecule has 8 aromatic carbocycles. The molecule has 5 heteroatoms. The summed E-state index contributed by atoms with van der Waals surface area (Å²) in [4.78, 5) is 11.1. The number of aromatic hydroxyl groups is 1. The van der Waals surface area contributed by atoms with E-state index in [2.05, 4.69) is 253 Å². The van der Waals surface area contributed by atoms with Gasteiger partial charge in [0.25, 0.3) is 0 Å². The van der Waals surface area contributed by atoms with Gasteiger partial charge in [-0.2, -0.15) is 0 Å². The van der Waals surface area contributed by atoms with Gasteiger partial charge in [-0.1, -0.05) is 190 Å². The quantitative estimate of drug-likeness (QED) is 0.174. The average molecular weight is 875 g/mol. The highest BCUT2D eigenvalue weighted by molar-refractivity contribution is 5.98. The predicted octanol–water partition coefficient (Wildman–Crippen LogP) is 16.3. The van der Waals surface area contributed by atoms with E-state index in [1.807, 2.05) is 0 Å². The van der Waals surface area contributed by atoms with Crippen LogP contribution in [0.25, 0.3) is 89.6 Å². The maximum absolute atomic E-state index is 12.5. The van der Waals surface area contributed by atoms with Crippen molar-refractivity contribution in [1.29, 1.82) is 0 Å². The summed E-state index contributed by atoms with van der Waals surface area (Å²) in [5.41, 5.74) is 16.6. The molecule has 0 saturated heterocycles. The second-order valence-electron chi connectivity index (χ2n) is 21.0. The molecule has 0 aliphatic carbocycles. The Bertz CT molecular complexity index is 3450. The second-order valence-corrected chi connectivity index (χ2v) is 21.0. The van der Waals surface area contributed by atoms with Crippen LogP contribution in [0.1, 0.15) is 79.0 Å². The number of hydrogen-bond donors (Lipinski definition) is 1. The van der Waals surface area contributed by atoms with Crippen molar-refractivity contribution in [2.45, 2.75) is 78.6 Å². The zero-order valence-electron chi connectivity index (χ0n) is 40.1. The summed E-state index contributed by atoms with van der Waals surface area (Å²) in [5.74, 6) is 1.81. The first-order valence-corrected chi connectivity index (χ1v) is 23.4. The predicted molar refractivity (Wildman–Crippen MR) is 281 cm³/mol. The minimum absolute atomic E-state index is 0.184. The molecule has 10 aromatic rings. The lowest BCUT2D eigenvalue weighted by Crippen LogP contribution is -2.17. The molecule has 0 saturated carbocycles. The van der Waals surface area contributed by atoms with Crippen LogP contribution in [-0.4, -0.2) is 24.2 Å². The van der Waals surface area contributed by atoms with Gasteiger partial charge in [0, 0.05) is 27.9 Å². The van der Waals surface area contributed by atoms with Crippen molar-refractivity contribution in [2.75, 3.05) is 0 Å². The molecule has 0 bridgehead atoms. The van der Waals surface area contributed by atoms with Crippen LogP contribution in [0.5, 0.6) is 5.75 Å². The van der Waals surface area contributed by atoms with Crippen LogP contribution < -0.4 is 0 Å². The highest BCUT2D eigenvalue weighted by Crippen LogP contribution is 2.46. The number of phenolic OH excluding ortho intramolecular Hbond substituents is 1. The topological polar surface area (TPSA) is 55.9 Å². The zero-order valence-corrected chi connectivity index (χ0v) is 40.1. The Hall–Kier alpha value is -7.50. The van der Waals surface area contributed by atoms with Crippen LogP contribution in [0.4, 0.5) is 0 Å². The summed E-state index contributed by atoms with van der Waals surface area (Å²) in [6, 6.07) is 64.5. The van der Waals surface area contributed by atoms with Gasteiger partial charge in [-0.15, -0.1) is 0 Å². The molecule has 0 amide bonds. The van der Waals surface area contributed by atoms with Crippen LogP contribution in [0.15, 0.2) is 182 Å². The molecule has 0 fully saturated rings. The molecule has 0 spiro atoms. The molecule has 0 aliphatic heterocycles. The van der Waals surface area contributed by atoms with Crippen LogP contribution in [0.3, 0.4) is 0 Å². The van der Waals surface area contributed by atoms with Crippen molar-refractivity contribution in [1.82, 2.24) is 19.1 Å². The van der Waals surface area contributed by atoms with E-state index in [-0.39, 0.29) is 22.0 Å². The molecule has 67 heavy (non-hydrogen) atoms. The van der Waals surface area contributed by atoms with Gasteiger partial charge in [-0.05, 0) is 104 Å². The van der Waals surface area contributed by atoms with Gasteiger partial charge in [0.05, 0.1) is 33.3 Å². The average Bonchev–Trinajstić information content (AvgIpc) is 3.91. The summed E-state index contributed by atoms with van der Waals surface area (Å²) >= 11 is 0. The number of aromatic nitrogens is 4. The molecule has 2 heterocycles. The Kier molecular flexibility index (Phi) is 10.6. The van der Waals surface area contributed by atoms with E-state index in [1.165, 1.54) is 16.7 Å². The highest BCUT2D eigenvalue weighted by Gasteiger charge is 2.30. The number of phenols is 1. The lowest BCUT2D eigenvalue weighted by Gasteiger charge is -2.27. The molecule has 10 rings (SSSR count). The zero-order chi connectivity index (χ0) is 46.8. The molecule has 332 valence electrons. The van der Waals surface area contributed by atoms with Crippen molar-refractivity contribution in [3.63, 3.8) is 0 Å². The number of fused-ring (bicyclic) bond motifs is 2. The molecule has 2 aromatic heterocycles. The largest absolute Gasteiger partial charge is 0.507 e. The number of rotatable bonds is 7. The van der Waals surface area contributed by atoms with Crippen LogP contribution in [0, 0.1) is 0 Å². The second kappa shape index (κ2) is 16.4. The van der Waals surface area contributed by atoms with E-state index in [0.29, 0.717) is 11.4 Å². The Morgan fingerprint density at radius 2 is 0.955 bits per heavy atom. The number of imidazole rings is 2. The number of para-hydroxylation sites is 4. The fraction of sp³-hybridized carbons (Fsp3) is 0.194. The fourth-order valence-electron chi connectivity index (χ4n) is 9.36. The lowest BCUT2D eigenvalue weighted by atomic mass is 9.79. The Labute approximate surface area is 395 Å². The first kappa shape index (κ1) is 43.4. The Morgan fingerprint density at radius 3 is 1.64 bits per heavy atom. The van der Waals surface area contributed by atoms with Gasteiger partial charge in [0.1, 0.15) is 17.4 Å². The molecule has 1 N–H and O–H groups in total. The van der Waals surface area contributed by atoms with E-state index >= 15 is 0 Å². The van der Waals surface area contributed by atoms with Gasteiger partial charge in [0.2, 0.25) is 0 Å². The Balaban J connectivity index is 1.24. The molecular formula is C62H58N4O. The van der Waals surface area contributed by atoms with Crippen LogP contribution in [0.2, 0.25) is 0 Å². The smallest absolute Gasteiger partial charge is 0.149 e. The van der Waals surface area contributed by atoms with Gasteiger partial charge in [-0.3, -0.25) is 9.13 Å². The third kappa shape index (κ3) is 8.03. The van der Waals surface area contributed by atoms with E-state index in [4.69, 9.17) is 9.97 Å². The van der Waals surface area contributed by atoms with Crippen LogP contribution in [-0.2, 0) is 16.2 Å². The minimum Gasteiger partial charge on any atom is -0.507 e. The first-order chi connectivity index (χ1) is 32.0. The molecule has 0 radical (unpaired) electrons. The summed E-state index contributed by atoms with van der Waals surface area (Å²) < 4.78 is 4.56. The van der Waals surface area contributed by atoms with Gasteiger partial charge >= 0.3 is 0 Å². The molecule has 0 unspecified atom stereocenters. The SMILES string of the molecule is CC(C)(C)c1cc(-c2cccc3c2nc(-c2cc(C(C)(C)C)cc(C(C)(C)C)c2O)n3-c2ccccc2-c2ccccc2)cc(-c2nc3ccccc3n2-c2ccc(-c3ccccc3)cc2)c1. The Morgan fingerprint density at radius 1 is 0.388 bits per heavy atom. The van der Waals surface area contributed by atoms with Crippen molar-refractivity contribution < 1.29 is 5.11 Å². The normalized spacial score (nSPS) is 12.3. The standard InChI is InChI=1S/C62H58N4O/c1-60(2,3)45-36-43(35-44(37-45)58-63-52-27-17-19-29-54(52)65(58)47-33-31-41(32-34-47)40-21-12-10-13-22-40)49-26-20-30-55-56(49)64-59(50-38-46(61(4,5)6)39-51(57(50)67)62(7,8)9)66(55)53-28-18-16-25-48(53)42-23-14-11-15-24-42/h10-39,67H,1-9H3. The first-order valence-electron chi connectivity index (χ1n) is 23.4. The van der Waals surface area contributed by atoms with Crippen molar-refractivity contribution in [3.05, 3.63) is 199 Å². The van der Waals surface area contributed by atoms with Crippen molar-refractivity contribution >= 4 is 22.1 Å². The number of nitrogens with zero attached hydrogens (tertiary/aromatic N) is 4. The van der Waals surface area contributed by atoms with Gasteiger partial charge in [-0.25, -0.2) is 9.97 Å². The van der Waals surface area contributed by atoms with E-state index in [9.17, 15) is 5.11 Å². The maximum atomic E-state index is 12.5. The summed E-state index contributed by atoms with van der Waals surface area (Å²) in [5, 5.41) is 12.5.